The maximum absolute atomic E-state index is 8.62. The van der Waals surface area contributed by atoms with Gasteiger partial charge in [-0.05, 0) is 18.6 Å². The van der Waals surface area contributed by atoms with Crippen molar-refractivity contribution in [2.24, 2.45) is 10.9 Å². The van der Waals surface area contributed by atoms with Crippen LogP contribution in [0.3, 0.4) is 0 Å². The Morgan fingerprint density at radius 3 is 2.94 bits per heavy atom. The van der Waals surface area contributed by atoms with Gasteiger partial charge in [-0.25, -0.2) is 4.98 Å². The van der Waals surface area contributed by atoms with Gasteiger partial charge in [-0.15, -0.1) is 0 Å². The molecule has 0 aliphatic carbocycles. The van der Waals surface area contributed by atoms with E-state index >= 15 is 0 Å². The molecule has 0 aliphatic rings. The highest BCUT2D eigenvalue weighted by molar-refractivity contribution is 5.83. The van der Waals surface area contributed by atoms with Crippen LogP contribution in [-0.2, 0) is 13.0 Å². The SMILES string of the molecule is CCCn1c(CC(N)=NO)nc2ccccc21. The molecule has 1 aromatic heterocycles. The molecular formula is C12H16N4O. The minimum absolute atomic E-state index is 0.178. The first-order chi connectivity index (χ1) is 8.26. The molecule has 2 rings (SSSR count). The smallest absolute Gasteiger partial charge is 0.146 e. The van der Waals surface area contributed by atoms with Crippen LogP contribution in [0.1, 0.15) is 19.2 Å². The van der Waals surface area contributed by atoms with Crippen molar-refractivity contribution in [1.82, 2.24) is 9.55 Å². The lowest BCUT2D eigenvalue weighted by atomic mass is 10.3. The van der Waals surface area contributed by atoms with Gasteiger partial charge < -0.3 is 15.5 Å². The lowest BCUT2D eigenvalue weighted by Crippen LogP contribution is -2.18. The number of hydrogen-bond acceptors (Lipinski definition) is 3. The number of oxime groups is 1. The molecule has 0 bridgehead atoms. The first kappa shape index (κ1) is 11.4. The Morgan fingerprint density at radius 2 is 2.24 bits per heavy atom. The molecule has 0 fully saturated rings. The van der Waals surface area contributed by atoms with Crippen molar-refractivity contribution in [1.29, 1.82) is 0 Å². The summed E-state index contributed by atoms with van der Waals surface area (Å²) in [5, 5.41) is 11.6. The van der Waals surface area contributed by atoms with E-state index in [1.54, 1.807) is 0 Å². The zero-order valence-electron chi connectivity index (χ0n) is 9.80. The summed E-state index contributed by atoms with van der Waals surface area (Å²) in [5.41, 5.74) is 7.58. The third kappa shape index (κ3) is 2.22. The molecule has 5 heteroatoms. The fraction of sp³-hybridized carbons (Fsp3) is 0.333. The second-order valence-corrected chi connectivity index (χ2v) is 3.94. The summed E-state index contributed by atoms with van der Waals surface area (Å²) in [6.07, 6.45) is 1.38. The van der Waals surface area contributed by atoms with Gasteiger partial charge in [0.1, 0.15) is 11.7 Å². The maximum Gasteiger partial charge on any atom is 0.146 e. The van der Waals surface area contributed by atoms with E-state index in [0.29, 0.717) is 6.42 Å². The number of imidazole rings is 1. The highest BCUT2D eigenvalue weighted by atomic mass is 16.4. The van der Waals surface area contributed by atoms with Gasteiger partial charge in [0.15, 0.2) is 0 Å². The van der Waals surface area contributed by atoms with E-state index in [1.165, 1.54) is 0 Å². The molecule has 0 atom stereocenters. The summed E-state index contributed by atoms with van der Waals surface area (Å²) in [6.45, 7) is 3.00. The van der Waals surface area contributed by atoms with Gasteiger partial charge in [-0.1, -0.05) is 24.2 Å². The van der Waals surface area contributed by atoms with E-state index in [4.69, 9.17) is 10.9 Å². The van der Waals surface area contributed by atoms with Crippen molar-refractivity contribution in [3.05, 3.63) is 30.1 Å². The van der Waals surface area contributed by atoms with Gasteiger partial charge in [0, 0.05) is 6.54 Å². The second-order valence-electron chi connectivity index (χ2n) is 3.94. The molecule has 0 unspecified atom stereocenters. The van der Waals surface area contributed by atoms with Crippen molar-refractivity contribution >= 4 is 16.9 Å². The lowest BCUT2D eigenvalue weighted by molar-refractivity contribution is 0.317. The van der Waals surface area contributed by atoms with Crippen molar-refractivity contribution in [3.8, 4) is 0 Å². The van der Waals surface area contributed by atoms with Crippen LogP contribution in [-0.4, -0.2) is 20.6 Å². The molecular weight excluding hydrogens is 216 g/mol. The van der Waals surface area contributed by atoms with Crippen LogP contribution < -0.4 is 5.73 Å². The van der Waals surface area contributed by atoms with E-state index in [9.17, 15) is 0 Å². The van der Waals surface area contributed by atoms with Crippen LogP contribution in [0.5, 0.6) is 0 Å². The number of para-hydroxylation sites is 2. The number of hydrogen-bond donors (Lipinski definition) is 2. The molecule has 0 amide bonds. The van der Waals surface area contributed by atoms with Crippen molar-refractivity contribution < 1.29 is 5.21 Å². The first-order valence-electron chi connectivity index (χ1n) is 5.66. The molecule has 0 spiro atoms. The Labute approximate surface area is 99.6 Å². The van der Waals surface area contributed by atoms with E-state index in [0.717, 1.165) is 29.8 Å². The minimum atomic E-state index is 0.178. The Kier molecular flexibility index (Phi) is 3.27. The molecule has 0 aliphatic heterocycles. The van der Waals surface area contributed by atoms with Gasteiger partial charge in [-0.3, -0.25) is 0 Å². The van der Waals surface area contributed by atoms with Gasteiger partial charge >= 0.3 is 0 Å². The summed E-state index contributed by atoms with van der Waals surface area (Å²) >= 11 is 0. The van der Waals surface area contributed by atoms with Gasteiger partial charge in [0.2, 0.25) is 0 Å². The minimum Gasteiger partial charge on any atom is -0.409 e. The summed E-state index contributed by atoms with van der Waals surface area (Å²) in [6, 6.07) is 7.95. The topological polar surface area (TPSA) is 76.4 Å². The first-order valence-corrected chi connectivity index (χ1v) is 5.66. The van der Waals surface area contributed by atoms with Crippen molar-refractivity contribution in [2.75, 3.05) is 0 Å². The van der Waals surface area contributed by atoms with Gasteiger partial charge in [0.05, 0.1) is 17.5 Å². The number of rotatable bonds is 4. The monoisotopic (exact) mass is 232 g/mol. The molecule has 17 heavy (non-hydrogen) atoms. The van der Waals surface area contributed by atoms with Crippen LogP contribution in [0.4, 0.5) is 0 Å². The van der Waals surface area contributed by atoms with Crippen LogP contribution in [0.25, 0.3) is 11.0 Å². The van der Waals surface area contributed by atoms with Crippen LogP contribution in [0.2, 0.25) is 0 Å². The number of amidine groups is 1. The summed E-state index contributed by atoms with van der Waals surface area (Å²) in [4.78, 5) is 4.51. The van der Waals surface area contributed by atoms with Crippen LogP contribution in [0, 0.1) is 0 Å². The molecule has 3 N–H and O–H groups in total. The Morgan fingerprint density at radius 1 is 1.47 bits per heavy atom. The summed E-state index contributed by atoms with van der Waals surface area (Å²) in [5.74, 6) is 1.01. The predicted molar refractivity (Wildman–Crippen MR) is 67.1 cm³/mol. The Hall–Kier alpha value is -2.04. The molecule has 0 saturated heterocycles. The van der Waals surface area contributed by atoms with E-state index in [-0.39, 0.29) is 5.84 Å². The molecule has 0 saturated carbocycles. The van der Waals surface area contributed by atoms with Crippen LogP contribution >= 0.6 is 0 Å². The van der Waals surface area contributed by atoms with E-state index < -0.39 is 0 Å². The third-order valence-electron chi connectivity index (χ3n) is 2.65. The number of nitrogens with two attached hydrogens (primary N) is 1. The van der Waals surface area contributed by atoms with Crippen LogP contribution in [0.15, 0.2) is 29.4 Å². The molecule has 1 heterocycles. The number of aryl methyl sites for hydroxylation is 1. The normalized spacial score (nSPS) is 12.2. The lowest BCUT2D eigenvalue weighted by Gasteiger charge is -2.06. The summed E-state index contributed by atoms with van der Waals surface area (Å²) in [7, 11) is 0. The van der Waals surface area contributed by atoms with Gasteiger partial charge in [0.25, 0.3) is 0 Å². The predicted octanol–water partition coefficient (Wildman–Crippen LogP) is 1.74. The molecule has 0 radical (unpaired) electrons. The number of nitrogens with zero attached hydrogens (tertiary/aromatic N) is 3. The molecule has 2 aromatic rings. The second kappa shape index (κ2) is 4.86. The van der Waals surface area contributed by atoms with E-state index in [2.05, 4.69) is 21.6 Å². The molecule has 1 aromatic carbocycles. The fourth-order valence-electron chi connectivity index (χ4n) is 1.93. The zero-order valence-corrected chi connectivity index (χ0v) is 9.80. The average molecular weight is 232 g/mol. The zero-order chi connectivity index (χ0) is 12.3. The van der Waals surface area contributed by atoms with Crippen molar-refractivity contribution in [2.45, 2.75) is 26.3 Å². The number of aromatic nitrogens is 2. The largest absolute Gasteiger partial charge is 0.409 e. The van der Waals surface area contributed by atoms with Gasteiger partial charge in [-0.2, -0.15) is 0 Å². The molecule has 5 nitrogen and oxygen atoms in total. The summed E-state index contributed by atoms with van der Waals surface area (Å²) < 4.78 is 2.12. The number of benzene rings is 1. The van der Waals surface area contributed by atoms with E-state index in [1.807, 2.05) is 24.3 Å². The quantitative estimate of drug-likeness (QED) is 0.365. The molecule has 90 valence electrons. The number of fused-ring (bicyclic) bond motifs is 1. The average Bonchev–Trinajstić information content (AvgIpc) is 2.68. The Balaban J connectivity index is 2.49. The highest BCUT2D eigenvalue weighted by Gasteiger charge is 2.10. The fourth-order valence-corrected chi connectivity index (χ4v) is 1.93. The standard InChI is InChI=1S/C12H16N4O/c1-2-7-16-10-6-4-3-5-9(10)14-12(16)8-11(13)15-17/h3-6,17H,2,7-8H2,1H3,(H2,13,15). The maximum atomic E-state index is 8.62. The Bertz CT molecular complexity index is 544. The highest BCUT2D eigenvalue weighted by Crippen LogP contribution is 2.16. The third-order valence-corrected chi connectivity index (χ3v) is 2.65. The van der Waals surface area contributed by atoms with Crippen molar-refractivity contribution in [3.63, 3.8) is 0 Å².